The van der Waals surface area contributed by atoms with Gasteiger partial charge in [-0.25, -0.2) is 9.37 Å². The van der Waals surface area contributed by atoms with Gasteiger partial charge in [0.15, 0.2) is 11.0 Å². The lowest BCUT2D eigenvalue weighted by molar-refractivity contribution is -0.138. The Labute approximate surface area is 172 Å². The molecule has 1 amide bonds. The molecule has 30 heavy (non-hydrogen) atoms. The van der Waals surface area contributed by atoms with E-state index in [1.807, 2.05) is 0 Å². The van der Waals surface area contributed by atoms with E-state index in [2.05, 4.69) is 15.1 Å². The molecule has 4 rings (SSSR count). The van der Waals surface area contributed by atoms with Crippen molar-refractivity contribution in [2.45, 2.75) is 50.9 Å². The average Bonchev–Trinajstić information content (AvgIpc) is 3.30. The summed E-state index contributed by atoms with van der Waals surface area (Å²) in [5.74, 6) is -1.40. The number of amidine groups is 1. The van der Waals surface area contributed by atoms with E-state index in [0.717, 1.165) is 25.7 Å². The summed E-state index contributed by atoms with van der Waals surface area (Å²) in [5.41, 5.74) is -1.67. The number of carbonyl (C=O) groups excluding carboxylic acids is 1. The zero-order valence-corrected chi connectivity index (χ0v) is 16.5. The van der Waals surface area contributed by atoms with Gasteiger partial charge in [-0.2, -0.15) is 18.2 Å². The first kappa shape index (κ1) is 20.8. The van der Waals surface area contributed by atoms with E-state index in [4.69, 9.17) is 9.52 Å². The molecule has 0 N–H and O–H groups in total. The maximum atomic E-state index is 14.1. The van der Waals surface area contributed by atoms with E-state index in [1.54, 1.807) is 0 Å². The molecule has 1 saturated carbocycles. The summed E-state index contributed by atoms with van der Waals surface area (Å²) in [5, 5.41) is 4.18. The first-order valence-corrected chi connectivity index (χ1v) is 10.4. The number of hydrogen-bond donors (Lipinski definition) is 0. The molecule has 2 aliphatic rings. The Morgan fingerprint density at radius 1 is 1.27 bits per heavy atom. The van der Waals surface area contributed by atoms with Crippen LogP contribution in [0.5, 0.6) is 0 Å². The fourth-order valence-corrected chi connectivity index (χ4v) is 4.28. The predicted octanol–water partition coefficient (Wildman–Crippen LogP) is 4.05. The van der Waals surface area contributed by atoms with E-state index < -0.39 is 23.3 Å². The van der Waals surface area contributed by atoms with Crippen LogP contribution < -0.4 is 0 Å². The van der Waals surface area contributed by atoms with E-state index >= 15 is 0 Å². The minimum Gasteiger partial charge on any atom is -0.337 e. The van der Waals surface area contributed by atoms with Gasteiger partial charge in [0, 0.05) is 6.20 Å². The molecule has 1 saturated heterocycles. The van der Waals surface area contributed by atoms with Gasteiger partial charge in [0.1, 0.15) is 12.2 Å². The van der Waals surface area contributed by atoms with Gasteiger partial charge in [-0.05, 0) is 18.9 Å². The largest absolute Gasteiger partial charge is 0.417 e. The molecule has 2 aromatic heterocycles. The number of amides is 1. The van der Waals surface area contributed by atoms with Crippen LogP contribution in [0.4, 0.5) is 17.6 Å². The third-order valence-corrected chi connectivity index (χ3v) is 5.84. The van der Waals surface area contributed by atoms with Gasteiger partial charge >= 0.3 is 6.18 Å². The molecule has 0 unspecified atom stereocenters. The standard InChI is InChI=1S/C18H17F4N5O2S/c19-12-6-10(18(20,21)22)7-23-15(12)16-25-13(29-26-16)8-27-14(28)9-30-17(27)24-11-4-2-1-3-5-11/h6-7,11H,1-5,8-9H2. The Morgan fingerprint density at radius 3 is 2.73 bits per heavy atom. The topological polar surface area (TPSA) is 84.5 Å². The molecule has 0 aromatic carbocycles. The monoisotopic (exact) mass is 443 g/mol. The predicted molar refractivity (Wildman–Crippen MR) is 99.8 cm³/mol. The van der Waals surface area contributed by atoms with Crippen molar-refractivity contribution in [3.8, 4) is 11.5 Å². The summed E-state index contributed by atoms with van der Waals surface area (Å²) < 4.78 is 57.2. The molecule has 0 spiro atoms. The fourth-order valence-electron chi connectivity index (χ4n) is 3.33. The Balaban J connectivity index is 1.51. The highest BCUT2D eigenvalue weighted by atomic mass is 32.2. The maximum absolute atomic E-state index is 14.1. The van der Waals surface area contributed by atoms with Gasteiger partial charge in [-0.15, -0.1) is 0 Å². The highest BCUT2D eigenvalue weighted by molar-refractivity contribution is 8.15. The first-order valence-electron chi connectivity index (χ1n) is 9.38. The second-order valence-corrected chi connectivity index (χ2v) is 7.98. The molecule has 2 aromatic rings. The van der Waals surface area contributed by atoms with Crippen molar-refractivity contribution in [1.29, 1.82) is 0 Å². The lowest BCUT2D eigenvalue weighted by atomic mass is 9.96. The van der Waals surface area contributed by atoms with E-state index in [1.165, 1.54) is 23.1 Å². The van der Waals surface area contributed by atoms with Crippen LogP contribution in [0.3, 0.4) is 0 Å². The Morgan fingerprint density at radius 2 is 2.03 bits per heavy atom. The molecule has 12 heteroatoms. The minimum atomic E-state index is -4.71. The number of carbonyl (C=O) groups is 1. The lowest BCUT2D eigenvalue weighted by Crippen LogP contribution is -2.30. The number of thioether (sulfide) groups is 1. The number of nitrogens with zero attached hydrogens (tertiary/aromatic N) is 5. The van der Waals surface area contributed by atoms with Crippen molar-refractivity contribution in [3.63, 3.8) is 0 Å². The van der Waals surface area contributed by atoms with Crippen molar-refractivity contribution in [1.82, 2.24) is 20.0 Å². The lowest BCUT2D eigenvalue weighted by Gasteiger charge is -2.20. The molecule has 7 nitrogen and oxygen atoms in total. The van der Waals surface area contributed by atoms with Crippen LogP contribution in [-0.4, -0.2) is 42.9 Å². The zero-order valence-electron chi connectivity index (χ0n) is 15.7. The van der Waals surface area contributed by atoms with Crippen LogP contribution in [0.2, 0.25) is 0 Å². The number of halogens is 4. The summed E-state index contributed by atoms with van der Waals surface area (Å²) >= 11 is 1.34. The fraction of sp³-hybridized carbons (Fsp3) is 0.500. The molecule has 1 aliphatic heterocycles. The molecule has 0 atom stereocenters. The number of aromatic nitrogens is 3. The van der Waals surface area contributed by atoms with Gasteiger partial charge < -0.3 is 4.52 Å². The van der Waals surface area contributed by atoms with Crippen LogP contribution in [0.1, 0.15) is 43.6 Å². The molecule has 160 valence electrons. The number of rotatable bonds is 4. The van der Waals surface area contributed by atoms with Crippen molar-refractivity contribution >= 4 is 22.8 Å². The molecular formula is C18H17F4N5O2S. The van der Waals surface area contributed by atoms with Gasteiger partial charge in [-0.1, -0.05) is 36.2 Å². The molecule has 0 bridgehead atoms. The van der Waals surface area contributed by atoms with Crippen molar-refractivity contribution in [2.75, 3.05) is 5.75 Å². The van der Waals surface area contributed by atoms with Gasteiger partial charge in [0.05, 0.1) is 17.4 Å². The van der Waals surface area contributed by atoms with E-state index in [-0.39, 0.29) is 36.0 Å². The smallest absolute Gasteiger partial charge is 0.337 e. The summed E-state index contributed by atoms with van der Waals surface area (Å²) in [4.78, 5) is 25.8. The molecular weight excluding hydrogens is 426 g/mol. The Bertz CT molecular complexity index is 972. The number of pyridine rings is 1. The second-order valence-electron chi connectivity index (χ2n) is 7.04. The number of alkyl halides is 3. The van der Waals surface area contributed by atoms with Gasteiger partial charge in [0.25, 0.3) is 0 Å². The summed E-state index contributed by atoms with van der Waals surface area (Å²) in [6.45, 7) is -0.0490. The minimum absolute atomic E-state index is 0.0123. The third-order valence-electron chi connectivity index (χ3n) is 4.87. The van der Waals surface area contributed by atoms with Gasteiger partial charge in [0.2, 0.25) is 17.6 Å². The van der Waals surface area contributed by atoms with Gasteiger partial charge in [-0.3, -0.25) is 14.7 Å². The second kappa shape index (κ2) is 8.32. The highest BCUT2D eigenvalue weighted by Gasteiger charge is 2.33. The van der Waals surface area contributed by atoms with Crippen LogP contribution in [0.25, 0.3) is 11.5 Å². The summed E-state index contributed by atoms with van der Waals surface area (Å²) in [7, 11) is 0. The normalized spacial score (nSPS) is 19.8. The van der Waals surface area contributed by atoms with Crippen LogP contribution >= 0.6 is 11.8 Å². The summed E-state index contributed by atoms with van der Waals surface area (Å²) in [6, 6.07) is 0.506. The SMILES string of the molecule is O=C1CSC(=NC2CCCCC2)N1Cc1nc(-c2ncc(C(F)(F)F)cc2F)no1. The van der Waals surface area contributed by atoms with Crippen molar-refractivity contribution in [3.05, 3.63) is 29.5 Å². The zero-order chi connectivity index (χ0) is 21.3. The van der Waals surface area contributed by atoms with Crippen LogP contribution in [0.15, 0.2) is 21.8 Å². The third kappa shape index (κ3) is 4.47. The van der Waals surface area contributed by atoms with E-state index in [0.29, 0.717) is 17.4 Å². The molecule has 0 radical (unpaired) electrons. The highest BCUT2D eigenvalue weighted by Crippen LogP contribution is 2.31. The molecule has 2 fully saturated rings. The quantitative estimate of drug-likeness (QED) is 0.663. The maximum Gasteiger partial charge on any atom is 0.417 e. The summed E-state index contributed by atoms with van der Waals surface area (Å²) in [6.07, 6.45) is 1.17. The van der Waals surface area contributed by atoms with E-state index in [9.17, 15) is 22.4 Å². The number of aliphatic imine (C=N–C) groups is 1. The number of hydrogen-bond acceptors (Lipinski definition) is 7. The Kier molecular flexibility index (Phi) is 5.76. The van der Waals surface area contributed by atoms with Crippen LogP contribution in [-0.2, 0) is 17.5 Å². The Hall–Kier alpha value is -2.50. The van der Waals surface area contributed by atoms with Crippen molar-refractivity contribution < 1.29 is 26.9 Å². The van der Waals surface area contributed by atoms with Crippen LogP contribution in [0, 0.1) is 5.82 Å². The van der Waals surface area contributed by atoms with Crippen molar-refractivity contribution in [2.24, 2.45) is 4.99 Å². The molecule has 3 heterocycles. The average molecular weight is 443 g/mol. The molecule has 1 aliphatic carbocycles. The first-order chi connectivity index (χ1) is 14.3.